The van der Waals surface area contributed by atoms with E-state index in [2.05, 4.69) is 10.6 Å². The fourth-order valence-electron chi connectivity index (χ4n) is 2.37. The van der Waals surface area contributed by atoms with E-state index in [1.165, 1.54) is 6.07 Å². The average Bonchev–Trinajstić information content (AvgIpc) is 2.43. The number of nitro groups is 1. The van der Waals surface area contributed by atoms with Crippen LogP contribution in [-0.4, -0.2) is 23.9 Å². The first-order chi connectivity index (χ1) is 9.49. The quantitative estimate of drug-likeness (QED) is 0.655. The van der Waals surface area contributed by atoms with E-state index in [0.29, 0.717) is 5.69 Å². The van der Waals surface area contributed by atoms with Crippen LogP contribution < -0.4 is 10.6 Å². The molecule has 1 amide bonds. The summed E-state index contributed by atoms with van der Waals surface area (Å²) in [6.07, 6.45) is 1.54. The van der Waals surface area contributed by atoms with Crippen molar-refractivity contribution >= 4 is 17.3 Å². The Labute approximate surface area is 117 Å². The second kappa shape index (κ2) is 6.00. The van der Waals surface area contributed by atoms with Crippen molar-refractivity contribution in [3.63, 3.8) is 0 Å². The van der Waals surface area contributed by atoms with Gasteiger partial charge in [-0.15, -0.1) is 0 Å². The molecule has 1 aromatic carbocycles. The van der Waals surface area contributed by atoms with Gasteiger partial charge in [0, 0.05) is 12.0 Å². The zero-order valence-electron chi connectivity index (χ0n) is 11.7. The minimum atomic E-state index is -0.454. The number of hydrogen-bond acceptors (Lipinski definition) is 4. The summed E-state index contributed by atoms with van der Waals surface area (Å²) in [7, 11) is 0. The molecule has 1 saturated heterocycles. The maximum absolute atomic E-state index is 12.2. The first-order valence-corrected chi connectivity index (χ1v) is 6.76. The molecule has 20 heavy (non-hydrogen) atoms. The molecule has 6 heteroatoms. The van der Waals surface area contributed by atoms with E-state index >= 15 is 0 Å². The van der Waals surface area contributed by atoms with Crippen molar-refractivity contribution in [3.05, 3.63) is 33.4 Å². The molecule has 6 nitrogen and oxygen atoms in total. The largest absolute Gasteiger partial charge is 0.320 e. The maximum Gasteiger partial charge on any atom is 0.293 e. The Hall–Kier alpha value is -1.95. The average molecular weight is 277 g/mol. The third-order valence-corrected chi connectivity index (χ3v) is 3.78. The molecule has 0 saturated carbocycles. The van der Waals surface area contributed by atoms with Crippen LogP contribution in [0.15, 0.2) is 12.1 Å². The van der Waals surface area contributed by atoms with Gasteiger partial charge in [0.25, 0.3) is 5.69 Å². The van der Waals surface area contributed by atoms with Gasteiger partial charge in [0.05, 0.1) is 4.92 Å². The van der Waals surface area contributed by atoms with Crippen LogP contribution >= 0.6 is 0 Å². The van der Waals surface area contributed by atoms with Gasteiger partial charge in [0.15, 0.2) is 0 Å². The molecule has 1 fully saturated rings. The van der Waals surface area contributed by atoms with Gasteiger partial charge in [0.2, 0.25) is 5.91 Å². The molecule has 1 aromatic rings. The van der Waals surface area contributed by atoms with Crippen LogP contribution in [0.5, 0.6) is 0 Å². The molecule has 0 spiro atoms. The number of nitrogens with one attached hydrogen (secondary N) is 2. The van der Waals surface area contributed by atoms with E-state index < -0.39 is 4.92 Å². The van der Waals surface area contributed by atoms with Crippen LogP contribution in [0.25, 0.3) is 0 Å². The second-order valence-corrected chi connectivity index (χ2v) is 5.22. The van der Waals surface area contributed by atoms with Crippen molar-refractivity contribution < 1.29 is 9.72 Å². The highest BCUT2D eigenvalue weighted by molar-refractivity contribution is 5.95. The Kier molecular flexibility index (Phi) is 4.34. The molecule has 1 aliphatic heterocycles. The van der Waals surface area contributed by atoms with Crippen molar-refractivity contribution in [1.29, 1.82) is 0 Å². The molecule has 0 unspecified atom stereocenters. The molecule has 1 heterocycles. The highest BCUT2D eigenvalue weighted by atomic mass is 16.6. The smallest absolute Gasteiger partial charge is 0.293 e. The van der Waals surface area contributed by atoms with Gasteiger partial charge in [-0.3, -0.25) is 14.9 Å². The Morgan fingerprint density at radius 2 is 1.90 bits per heavy atom. The maximum atomic E-state index is 12.2. The van der Waals surface area contributed by atoms with E-state index in [1.54, 1.807) is 6.07 Å². The molecule has 2 rings (SSSR count). The van der Waals surface area contributed by atoms with Gasteiger partial charge in [-0.1, -0.05) is 0 Å². The minimum Gasteiger partial charge on any atom is -0.320 e. The summed E-state index contributed by atoms with van der Waals surface area (Å²) >= 11 is 0. The Bertz CT molecular complexity index is 537. The predicted octanol–water partition coefficient (Wildman–Crippen LogP) is 2.15. The highest BCUT2D eigenvalue weighted by Gasteiger charge is 2.24. The zero-order valence-corrected chi connectivity index (χ0v) is 11.7. The number of carbonyl (C=O) groups excluding carboxylic acids is 1. The lowest BCUT2D eigenvalue weighted by atomic mass is 9.97. The van der Waals surface area contributed by atoms with Gasteiger partial charge >= 0.3 is 0 Å². The molecule has 0 aromatic heterocycles. The van der Waals surface area contributed by atoms with Gasteiger partial charge in [0.1, 0.15) is 5.69 Å². The number of hydrogen-bond donors (Lipinski definition) is 2. The molecule has 0 atom stereocenters. The van der Waals surface area contributed by atoms with Crippen LogP contribution in [0.3, 0.4) is 0 Å². The number of nitro benzene ring substituents is 1. The van der Waals surface area contributed by atoms with Crippen LogP contribution in [0.2, 0.25) is 0 Å². The number of anilines is 1. The molecule has 2 N–H and O–H groups in total. The molecule has 108 valence electrons. The van der Waals surface area contributed by atoms with Crippen molar-refractivity contribution in [2.75, 3.05) is 18.4 Å². The van der Waals surface area contributed by atoms with Crippen molar-refractivity contribution in [1.82, 2.24) is 5.32 Å². The standard InChI is InChI=1S/C14H19N3O3/c1-9-7-12(13(17(19)20)8-10(9)2)16-14(18)11-3-5-15-6-4-11/h7-8,11,15H,3-6H2,1-2H3,(H,16,18). The van der Waals surface area contributed by atoms with Crippen LogP contribution in [0.1, 0.15) is 24.0 Å². The Morgan fingerprint density at radius 1 is 1.30 bits per heavy atom. The number of amides is 1. The van der Waals surface area contributed by atoms with Crippen molar-refractivity contribution in [2.24, 2.45) is 5.92 Å². The van der Waals surface area contributed by atoms with Gasteiger partial charge in [-0.05, 0) is 57.0 Å². The summed E-state index contributed by atoms with van der Waals surface area (Å²) in [6, 6.07) is 3.18. The van der Waals surface area contributed by atoms with Gasteiger partial charge < -0.3 is 10.6 Å². The van der Waals surface area contributed by atoms with Crippen molar-refractivity contribution in [3.8, 4) is 0 Å². The summed E-state index contributed by atoms with van der Waals surface area (Å²) in [5, 5.41) is 17.0. The van der Waals surface area contributed by atoms with Crippen molar-refractivity contribution in [2.45, 2.75) is 26.7 Å². The van der Waals surface area contributed by atoms with E-state index in [9.17, 15) is 14.9 Å². The summed E-state index contributed by atoms with van der Waals surface area (Å²) in [5.41, 5.74) is 2.02. The van der Waals surface area contributed by atoms with Crippen LogP contribution in [0, 0.1) is 29.9 Å². The summed E-state index contributed by atoms with van der Waals surface area (Å²) < 4.78 is 0. The third kappa shape index (κ3) is 3.14. The lowest BCUT2D eigenvalue weighted by molar-refractivity contribution is -0.384. The molecule has 0 aliphatic carbocycles. The minimum absolute atomic E-state index is 0.0459. The van der Waals surface area contributed by atoms with E-state index in [1.807, 2.05) is 13.8 Å². The molecular formula is C14H19N3O3. The summed E-state index contributed by atoms with van der Waals surface area (Å²) in [4.78, 5) is 22.8. The molecular weight excluding hydrogens is 258 g/mol. The van der Waals surface area contributed by atoms with Crippen LogP contribution in [0.4, 0.5) is 11.4 Å². The first-order valence-electron chi connectivity index (χ1n) is 6.76. The van der Waals surface area contributed by atoms with E-state index in [0.717, 1.165) is 37.1 Å². The Balaban J connectivity index is 2.21. The van der Waals surface area contributed by atoms with Gasteiger partial charge in [-0.2, -0.15) is 0 Å². The predicted molar refractivity (Wildman–Crippen MR) is 76.8 cm³/mol. The zero-order chi connectivity index (χ0) is 14.7. The number of rotatable bonds is 3. The SMILES string of the molecule is Cc1cc(NC(=O)C2CCNCC2)c([N+](=O)[O-])cc1C. The monoisotopic (exact) mass is 277 g/mol. The number of piperidine rings is 1. The van der Waals surface area contributed by atoms with Gasteiger partial charge in [-0.25, -0.2) is 0 Å². The molecule has 1 aliphatic rings. The molecule has 0 bridgehead atoms. The second-order valence-electron chi connectivity index (χ2n) is 5.22. The summed E-state index contributed by atoms with van der Waals surface area (Å²) in [6.45, 7) is 5.32. The fourth-order valence-corrected chi connectivity index (χ4v) is 2.37. The number of carbonyl (C=O) groups is 1. The number of aryl methyl sites for hydroxylation is 2. The lowest BCUT2D eigenvalue weighted by Crippen LogP contribution is -2.34. The van der Waals surface area contributed by atoms with E-state index in [4.69, 9.17) is 0 Å². The highest BCUT2D eigenvalue weighted by Crippen LogP contribution is 2.28. The topological polar surface area (TPSA) is 84.3 Å². The normalized spacial score (nSPS) is 15.9. The number of nitrogens with zero attached hydrogens (tertiary/aromatic N) is 1. The first kappa shape index (κ1) is 14.5. The number of benzene rings is 1. The lowest BCUT2D eigenvalue weighted by Gasteiger charge is -2.21. The fraction of sp³-hybridized carbons (Fsp3) is 0.500. The summed E-state index contributed by atoms with van der Waals surface area (Å²) in [5.74, 6) is -0.199. The molecule has 0 radical (unpaired) electrons. The van der Waals surface area contributed by atoms with Crippen LogP contribution in [-0.2, 0) is 4.79 Å². The third-order valence-electron chi connectivity index (χ3n) is 3.78. The Morgan fingerprint density at radius 3 is 2.50 bits per heavy atom. The van der Waals surface area contributed by atoms with E-state index in [-0.39, 0.29) is 17.5 Å².